The average Bonchev–Trinajstić information content (AvgIpc) is 2.94. The lowest BCUT2D eigenvalue weighted by molar-refractivity contribution is 0.0917. The first-order valence-corrected chi connectivity index (χ1v) is 6.53. The van der Waals surface area contributed by atoms with Gasteiger partial charge in [-0.25, -0.2) is 0 Å². The molecule has 3 rings (SSSR count). The largest absolute Gasteiger partial charge is 0.344 e. The number of hydrogen-bond acceptors (Lipinski definition) is 2. The molecule has 1 heterocycles. The molecular formula is C15H17N3O. The second-order valence-electron chi connectivity index (χ2n) is 5.17. The van der Waals surface area contributed by atoms with Crippen LogP contribution in [0.2, 0.25) is 0 Å². The van der Waals surface area contributed by atoms with E-state index in [0.29, 0.717) is 11.6 Å². The minimum Gasteiger partial charge on any atom is -0.344 e. The molecule has 0 radical (unpaired) electrons. The molecule has 4 heteroatoms. The zero-order chi connectivity index (χ0) is 13.4. The van der Waals surface area contributed by atoms with Gasteiger partial charge in [-0.05, 0) is 29.5 Å². The van der Waals surface area contributed by atoms with Crippen LogP contribution >= 0.6 is 0 Å². The van der Waals surface area contributed by atoms with Crippen LogP contribution in [0.5, 0.6) is 0 Å². The molecule has 1 aliphatic rings. The molecule has 1 N–H and O–H groups in total. The predicted octanol–water partition coefficient (Wildman–Crippen LogP) is 2.08. The molecule has 1 aliphatic carbocycles. The van der Waals surface area contributed by atoms with Crippen LogP contribution in [0.1, 0.15) is 34.6 Å². The van der Waals surface area contributed by atoms with E-state index in [2.05, 4.69) is 35.5 Å². The van der Waals surface area contributed by atoms with E-state index in [-0.39, 0.29) is 11.9 Å². The van der Waals surface area contributed by atoms with Crippen LogP contribution in [0.4, 0.5) is 0 Å². The molecule has 0 fully saturated rings. The number of amides is 1. The second kappa shape index (κ2) is 4.53. The monoisotopic (exact) mass is 255 g/mol. The highest BCUT2D eigenvalue weighted by molar-refractivity contribution is 5.92. The number of hydrogen-bond donors (Lipinski definition) is 1. The van der Waals surface area contributed by atoms with E-state index in [1.54, 1.807) is 24.0 Å². The van der Waals surface area contributed by atoms with Gasteiger partial charge in [0.05, 0.1) is 6.04 Å². The van der Waals surface area contributed by atoms with Crippen molar-refractivity contribution in [2.75, 3.05) is 0 Å². The summed E-state index contributed by atoms with van der Waals surface area (Å²) in [5.74, 6) is 0.364. The van der Waals surface area contributed by atoms with Crippen molar-refractivity contribution in [3.05, 3.63) is 53.3 Å². The summed E-state index contributed by atoms with van der Waals surface area (Å²) in [6.45, 7) is 2.17. The number of aromatic nitrogens is 2. The van der Waals surface area contributed by atoms with Crippen LogP contribution in [-0.4, -0.2) is 15.7 Å². The van der Waals surface area contributed by atoms with Gasteiger partial charge in [0.2, 0.25) is 0 Å². The number of aryl methyl sites for hydroxylation is 1. The molecule has 1 aromatic carbocycles. The highest BCUT2D eigenvalue weighted by atomic mass is 16.2. The van der Waals surface area contributed by atoms with Gasteiger partial charge < -0.3 is 5.32 Å². The van der Waals surface area contributed by atoms with Crippen LogP contribution in [0.3, 0.4) is 0 Å². The molecule has 1 aromatic heterocycles. The molecule has 2 atom stereocenters. The molecule has 2 aromatic rings. The van der Waals surface area contributed by atoms with Gasteiger partial charge >= 0.3 is 0 Å². The molecule has 0 aliphatic heterocycles. The van der Waals surface area contributed by atoms with E-state index in [1.807, 2.05) is 6.07 Å². The summed E-state index contributed by atoms with van der Waals surface area (Å²) in [4.78, 5) is 12.3. The average molecular weight is 255 g/mol. The molecule has 2 unspecified atom stereocenters. The minimum atomic E-state index is -0.0615. The minimum absolute atomic E-state index is 0.0615. The van der Waals surface area contributed by atoms with Gasteiger partial charge in [0.1, 0.15) is 5.69 Å². The fourth-order valence-corrected chi connectivity index (χ4v) is 2.83. The molecule has 0 bridgehead atoms. The van der Waals surface area contributed by atoms with Crippen molar-refractivity contribution >= 4 is 5.91 Å². The molecule has 98 valence electrons. The van der Waals surface area contributed by atoms with Crippen LogP contribution in [-0.2, 0) is 13.5 Å². The Morgan fingerprint density at radius 1 is 1.37 bits per heavy atom. The van der Waals surface area contributed by atoms with Gasteiger partial charge in [-0.1, -0.05) is 31.2 Å². The van der Waals surface area contributed by atoms with E-state index >= 15 is 0 Å². The Bertz CT molecular complexity index is 617. The lowest BCUT2D eigenvalue weighted by Gasteiger charge is -2.18. The van der Waals surface area contributed by atoms with Crippen molar-refractivity contribution in [3.63, 3.8) is 0 Å². The van der Waals surface area contributed by atoms with Gasteiger partial charge in [-0.3, -0.25) is 9.48 Å². The first-order valence-electron chi connectivity index (χ1n) is 6.53. The number of nitrogens with one attached hydrogen (secondary N) is 1. The lowest BCUT2D eigenvalue weighted by atomic mass is 10.0. The highest BCUT2D eigenvalue weighted by Crippen LogP contribution is 2.35. The first kappa shape index (κ1) is 12.0. The smallest absolute Gasteiger partial charge is 0.270 e. The molecule has 0 saturated heterocycles. The summed E-state index contributed by atoms with van der Waals surface area (Å²) < 4.78 is 1.60. The second-order valence-corrected chi connectivity index (χ2v) is 5.17. The quantitative estimate of drug-likeness (QED) is 0.893. The van der Waals surface area contributed by atoms with E-state index < -0.39 is 0 Å². The van der Waals surface area contributed by atoms with Crippen LogP contribution in [0.15, 0.2) is 36.5 Å². The highest BCUT2D eigenvalue weighted by Gasteiger charge is 2.30. The lowest BCUT2D eigenvalue weighted by Crippen LogP contribution is -2.31. The van der Waals surface area contributed by atoms with Gasteiger partial charge in [0.15, 0.2) is 0 Å². The Morgan fingerprint density at radius 3 is 2.89 bits per heavy atom. The fraction of sp³-hybridized carbons (Fsp3) is 0.333. The Morgan fingerprint density at radius 2 is 2.16 bits per heavy atom. The van der Waals surface area contributed by atoms with E-state index in [0.717, 1.165) is 6.42 Å². The molecule has 0 spiro atoms. The SMILES string of the molecule is CC1Cc2ccccc2C1NC(=O)c1ccnn1C. The summed E-state index contributed by atoms with van der Waals surface area (Å²) in [6, 6.07) is 10.2. The van der Waals surface area contributed by atoms with Crippen molar-refractivity contribution in [2.24, 2.45) is 13.0 Å². The Hall–Kier alpha value is -2.10. The number of carbonyl (C=O) groups is 1. The van der Waals surface area contributed by atoms with Gasteiger partial charge in [0.25, 0.3) is 5.91 Å². The standard InChI is InChI=1S/C15H17N3O/c1-10-9-11-5-3-4-6-12(11)14(10)17-15(19)13-7-8-16-18(13)2/h3-8,10,14H,9H2,1-2H3,(H,17,19). The summed E-state index contributed by atoms with van der Waals surface area (Å²) >= 11 is 0. The molecule has 19 heavy (non-hydrogen) atoms. The number of rotatable bonds is 2. The van der Waals surface area contributed by atoms with E-state index in [4.69, 9.17) is 0 Å². The maximum atomic E-state index is 12.3. The zero-order valence-corrected chi connectivity index (χ0v) is 11.1. The van der Waals surface area contributed by atoms with Crippen molar-refractivity contribution in [1.82, 2.24) is 15.1 Å². The Balaban J connectivity index is 1.84. The fourth-order valence-electron chi connectivity index (χ4n) is 2.83. The Labute approximate surface area is 112 Å². The summed E-state index contributed by atoms with van der Waals surface area (Å²) in [5.41, 5.74) is 3.17. The summed E-state index contributed by atoms with van der Waals surface area (Å²) in [6.07, 6.45) is 2.66. The number of nitrogens with zero attached hydrogens (tertiary/aromatic N) is 2. The van der Waals surface area contributed by atoms with Gasteiger partial charge in [-0.2, -0.15) is 5.10 Å². The van der Waals surface area contributed by atoms with Crippen molar-refractivity contribution in [2.45, 2.75) is 19.4 Å². The van der Waals surface area contributed by atoms with Gasteiger partial charge in [0, 0.05) is 13.2 Å². The zero-order valence-electron chi connectivity index (χ0n) is 11.1. The number of benzene rings is 1. The Kier molecular flexibility index (Phi) is 2.85. The number of fused-ring (bicyclic) bond motifs is 1. The maximum Gasteiger partial charge on any atom is 0.270 e. The molecule has 0 saturated carbocycles. The third-order valence-corrected chi connectivity index (χ3v) is 3.84. The first-order chi connectivity index (χ1) is 9.16. The normalized spacial score (nSPS) is 21.2. The van der Waals surface area contributed by atoms with Crippen molar-refractivity contribution in [1.29, 1.82) is 0 Å². The third-order valence-electron chi connectivity index (χ3n) is 3.84. The summed E-state index contributed by atoms with van der Waals surface area (Å²) in [7, 11) is 1.78. The van der Waals surface area contributed by atoms with Crippen LogP contribution in [0, 0.1) is 5.92 Å². The van der Waals surface area contributed by atoms with E-state index in [1.165, 1.54) is 11.1 Å². The molecule has 4 nitrogen and oxygen atoms in total. The number of carbonyl (C=O) groups excluding carboxylic acids is 1. The van der Waals surface area contributed by atoms with Gasteiger partial charge in [-0.15, -0.1) is 0 Å². The molecular weight excluding hydrogens is 238 g/mol. The maximum absolute atomic E-state index is 12.3. The van der Waals surface area contributed by atoms with Crippen LogP contribution in [0.25, 0.3) is 0 Å². The van der Waals surface area contributed by atoms with Crippen molar-refractivity contribution < 1.29 is 4.79 Å². The van der Waals surface area contributed by atoms with Crippen molar-refractivity contribution in [3.8, 4) is 0 Å². The van der Waals surface area contributed by atoms with E-state index in [9.17, 15) is 4.79 Å². The summed E-state index contributed by atoms with van der Waals surface area (Å²) in [5, 5.41) is 7.16. The molecule has 1 amide bonds. The topological polar surface area (TPSA) is 46.9 Å². The third kappa shape index (κ3) is 2.03. The van der Waals surface area contributed by atoms with Crippen LogP contribution < -0.4 is 5.32 Å². The predicted molar refractivity (Wildman–Crippen MR) is 72.7 cm³/mol.